The minimum absolute atomic E-state index is 0.619. The maximum Gasteiger partial charge on any atom is 0.0279 e. The van der Waals surface area contributed by atoms with Crippen molar-refractivity contribution in [3.8, 4) is 0 Å². The van der Waals surface area contributed by atoms with Crippen molar-refractivity contribution in [1.82, 2.24) is 10.2 Å². The molecule has 102 valence electrons. The molecular formula is C18H20N2. The molecule has 0 aromatic heterocycles. The molecule has 0 saturated carbocycles. The Labute approximate surface area is 120 Å². The van der Waals surface area contributed by atoms with E-state index in [4.69, 9.17) is 0 Å². The predicted molar refractivity (Wildman–Crippen MR) is 81.5 cm³/mol. The molecule has 0 spiro atoms. The van der Waals surface area contributed by atoms with Gasteiger partial charge in [0, 0.05) is 38.1 Å². The topological polar surface area (TPSA) is 15.3 Å². The molecule has 2 aliphatic rings. The average Bonchev–Trinajstić information content (AvgIpc) is 2.91. The number of likely N-dealkylation sites (tertiary alicyclic amines) is 1. The lowest BCUT2D eigenvalue weighted by molar-refractivity contribution is 0.319. The van der Waals surface area contributed by atoms with Crippen molar-refractivity contribution in [2.24, 2.45) is 0 Å². The number of hydrogen-bond acceptors (Lipinski definition) is 2. The third-order valence-electron chi connectivity index (χ3n) is 4.65. The van der Waals surface area contributed by atoms with Gasteiger partial charge in [-0.1, -0.05) is 54.6 Å². The van der Waals surface area contributed by atoms with Crippen LogP contribution in [0, 0.1) is 0 Å². The first kappa shape index (κ1) is 12.1. The summed E-state index contributed by atoms with van der Waals surface area (Å²) in [6.07, 6.45) is 0. The van der Waals surface area contributed by atoms with Crippen molar-refractivity contribution in [3.63, 3.8) is 0 Å². The van der Waals surface area contributed by atoms with E-state index in [1.165, 1.54) is 17.7 Å². The van der Waals surface area contributed by atoms with Crippen LogP contribution in [0.2, 0.25) is 0 Å². The number of fused-ring (bicyclic) bond motifs is 3. The molecule has 1 N–H and O–H groups in total. The Kier molecular flexibility index (Phi) is 3.06. The third-order valence-corrected chi connectivity index (χ3v) is 4.65. The van der Waals surface area contributed by atoms with E-state index in [1.807, 2.05) is 0 Å². The standard InChI is InChI=1S/C18H20N2/c1-2-6-14(7-3-1)11-20-12-17-16-9-5-4-8-15(16)10-19-18(17)13-20/h1-9,17-19H,10-13H2. The third kappa shape index (κ3) is 2.15. The van der Waals surface area contributed by atoms with E-state index in [2.05, 4.69) is 64.8 Å². The van der Waals surface area contributed by atoms with Gasteiger partial charge in [0.25, 0.3) is 0 Å². The summed E-state index contributed by atoms with van der Waals surface area (Å²) in [6.45, 7) is 4.42. The molecule has 2 nitrogen and oxygen atoms in total. The predicted octanol–water partition coefficient (Wildman–Crippen LogP) is 2.76. The molecule has 1 saturated heterocycles. The van der Waals surface area contributed by atoms with Crippen molar-refractivity contribution in [1.29, 1.82) is 0 Å². The van der Waals surface area contributed by atoms with Crippen molar-refractivity contribution in [2.45, 2.75) is 25.0 Å². The summed E-state index contributed by atoms with van der Waals surface area (Å²) < 4.78 is 0. The Morgan fingerprint density at radius 1 is 0.950 bits per heavy atom. The quantitative estimate of drug-likeness (QED) is 0.897. The Balaban J connectivity index is 1.53. The van der Waals surface area contributed by atoms with E-state index in [1.54, 1.807) is 5.56 Å². The van der Waals surface area contributed by atoms with Crippen LogP contribution in [0.15, 0.2) is 54.6 Å². The van der Waals surface area contributed by atoms with Crippen molar-refractivity contribution >= 4 is 0 Å². The zero-order valence-corrected chi connectivity index (χ0v) is 11.6. The van der Waals surface area contributed by atoms with E-state index in [0.29, 0.717) is 12.0 Å². The molecule has 2 aromatic rings. The van der Waals surface area contributed by atoms with Gasteiger partial charge in [-0.3, -0.25) is 4.90 Å². The van der Waals surface area contributed by atoms with Crippen LogP contribution in [0.3, 0.4) is 0 Å². The highest BCUT2D eigenvalue weighted by Crippen LogP contribution is 2.34. The van der Waals surface area contributed by atoms with Crippen molar-refractivity contribution in [2.75, 3.05) is 13.1 Å². The smallest absolute Gasteiger partial charge is 0.0279 e. The first-order chi connectivity index (χ1) is 9.90. The van der Waals surface area contributed by atoms with Crippen molar-refractivity contribution in [3.05, 3.63) is 71.3 Å². The Morgan fingerprint density at radius 3 is 2.65 bits per heavy atom. The number of nitrogens with one attached hydrogen (secondary N) is 1. The lowest BCUT2D eigenvalue weighted by atomic mass is 9.87. The zero-order valence-electron chi connectivity index (χ0n) is 11.6. The Hall–Kier alpha value is -1.64. The Bertz CT molecular complexity index is 593. The number of rotatable bonds is 2. The molecule has 4 rings (SSSR count). The summed E-state index contributed by atoms with van der Waals surface area (Å²) in [5.74, 6) is 0.656. The molecule has 2 heteroatoms. The highest BCUT2D eigenvalue weighted by atomic mass is 15.2. The maximum atomic E-state index is 3.71. The summed E-state index contributed by atoms with van der Waals surface area (Å²) in [5.41, 5.74) is 4.46. The normalized spacial score (nSPS) is 25.2. The molecule has 0 bridgehead atoms. The van der Waals surface area contributed by atoms with E-state index < -0.39 is 0 Å². The first-order valence-corrected chi connectivity index (χ1v) is 7.47. The minimum Gasteiger partial charge on any atom is -0.308 e. The average molecular weight is 264 g/mol. The molecule has 0 radical (unpaired) electrons. The van der Waals surface area contributed by atoms with Crippen LogP contribution in [0.5, 0.6) is 0 Å². The highest BCUT2D eigenvalue weighted by molar-refractivity contribution is 5.35. The summed E-state index contributed by atoms with van der Waals surface area (Å²) in [7, 11) is 0. The van der Waals surface area contributed by atoms with Gasteiger partial charge in [-0.25, -0.2) is 0 Å². The van der Waals surface area contributed by atoms with Gasteiger partial charge in [-0.05, 0) is 16.7 Å². The van der Waals surface area contributed by atoms with E-state index in [-0.39, 0.29) is 0 Å². The maximum absolute atomic E-state index is 3.71. The van der Waals surface area contributed by atoms with Gasteiger partial charge in [-0.2, -0.15) is 0 Å². The van der Waals surface area contributed by atoms with Crippen LogP contribution >= 0.6 is 0 Å². The van der Waals surface area contributed by atoms with Gasteiger partial charge in [0.05, 0.1) is 0 Å². The molecule has 2 aromatic carbocycles. The lowest BCUT2D eigenvalue weighted by Crippen LogP contribution is -2.39. The summed E-state index contributed by atoms with van der Waals surface area (Å²) >= 11 is 0. The lowest BCUT2D eigenvalue weighted by Gasteiger charge is -2.28. The van der Waals surface area contributed by atoms with Crippen LogP contribution in [-0.2, 0) is 13.1 Å². The molecule has 2 heterocycles. The molecule has 2 aliphatic heterocycles. The second-order valence-corrected chi connectivity index (χ2v) is 5.97. The van der Waals surface area contributed by atoms with Gasteiger partial charge in [-0.15, -0.1) is 0 Å². The van der Waals surface area contributed by atoms with E-state index in [0.717, 1.165) is 19.6 Å². The van der Waals surface area contributed by atoms with E-state index in [9.17, 15) is 0 Å². The number of hydrogen-bond donors (Lipinski definition) is 1. The molecule has 0 aliphatic carbocycles. The summed E-state index contributed by atoms with van der Waals surface area (Å²) in [5, 5.41) is 3.71. The van der Waals surface area contributed by atoms with Gasteiger partial charge < -0.3 is 5.32 Å². The zero-order chi connectivity index (χ0) is 13.4. The van der Waals surface area contributed by atoms with Crippen LogP contribution in [-0.4, -0.2) is 24.0 Å². The van der Waals surface area contributed by atoms with Crippen LogP contribution in [0.4, 0.5) is 0 Å². The summed E-state index contributed by atoms with van der Waals surface area (Å²) in [6, 6.07) is 20.3. The monoisotopic (exact) mass is 264 g/mol. The minimum atomic E-state index is 0.619. The SMILES string of the molecule is c1ccc(CN2CC3NCc4ccccc4C3C2)cc1. The van der Waals surface area contributed by atoms with Crippen molar-refractivity contribution < 1.29 is 0 Å². The fraction of sp³-hybridized carbons (Fsp3) is 0.333. The molecule has 20 heavy (non-hydrogen) atoms. The van der Waals surface area contributed by atoms with Gasteiger partial charge in [0.1, 0.15) is 0 Å². The molecule has 2 unspecified atom stereocenters. The number of benzene rings is 2. The van der Waals surface area contributed by atoms with Crippen LogP contribution in [0.25, 0.3) is 0 Å². The second-order valence-electron chi connectivity index (χ2n) is 5.97. The van der Waals surface area contributed by atoms with Crippen LogP contribution in [0.1, 0.15) is 22.6 Å². The van der Waals surface area contributed by atoms with Gasteiger partial charge in [0.2, 0.25) is 0 Å². The first-order valence-electron chi connectivity index (χ1n) is 7.47. The molecular weight excluding hydrogens is 244 g/mol. The second kappa shape index (κ2) is 5.04. The largest absolute Gasteiger partial charge is 0.308 e. The molecule has 2 atom stereocenters. The Morgan fingerprint density at radius 2 is 1.75 bits per heavy atom. The van der Waals surface area contributed by atoms with Gasteiger partial charge >= 0.3 is 0 Å². The highest BCUT2D eigenvalue weighted by Gasteiger charge is 2.36. The van der Waals surface area contributed by atoms with Gasteiger partial charge in [0.15, 0.2) is 0 Å². The fourth-order valence-corrected chi connectivity index (χ4v) is 3.68. The van der Waals surface area contributed by atoms with Crippen LogP contribution < -0.4 is 5.32 Å². The molecule has 1 fully saturated rings. The number of nitrogens with zero attached hydrogens (tertiary/aromatic N) is 1. The fourth-order valence-electron chi connectivity index (χ4n) is 3.68. The van der Waals surface area contributed by atoms with E-state index >= 15 is 0 Å². The summed E-state index contributed by atoms with van der Waals surface area (Å²) in [4.78, 5) is 2.58. The molecule has 0 amide bonds.